The van der Waals surface area contributed by atoms with E-state index in [1.54, 1.807) is 23.9 Å². The maximum atomic E-state index is 13.4. The lowest BCUT2D eigenvalue weighted by Crippen LogP contribution is -2.32. The number of carbonyl (C=O) groups is 2. The average molecular weight is 416 g/mol. The summed E-state index contributed by atoms with van der Waals surface area (Å²) in [7, 11) is 0. The molecule has 1 amide bonds. The number of benzene rings is 3. The molecule has 0 saturated carbocycles. The van der Waals surface area contributed by atoms with Crippen LogP contribution in [0.3, 0.4) is 0 Å². The SMILES string of the molecule is O=C1O[C@H](c2ccccc2)Cc2cc(C(=O)N3CCCSc4ccccc43)ccc21. The van der Waals surface area contributed by atoms with Gasteiger partial charge in [-0.2, -0.15) is 0 Å². The van der Waals surface area contributed by atoms with Gasteiger partial charge < -0.3 is 9.64 Å². The molecule has 0 bridgehead atoms. The molecule has 3 aromatic rings. The fourth-order valence-electron chi connectivity index (χ4n) is 4.08. The van der Waals surface area contributed by atoms with Gasteiger partial charge in [0, 0.05) is 23.4 Å². The monoisotopic (exact) mass is 415 g/mol. The smallest absolute Gasteiger partial charge is 0.339 e. The van der Waals surface area contributed by atoms with Crippen LogP contribution in [0.4, 0.5) is 5.69 Å². The van der Waals surface area contributed by atoms with Gasteiger partial charge in [-0.05, 0) is 53.6 Å². The molecule has 0 spiro atoms. The van der Waals surface area contributed by atoms with Crippen LogP contribution < -0.4 is 4.90 Å². The van der Waals surface area contributed by atoms with Gasteiger partial charge in [-0.1, -0.05) is 42.5 Å². The van der Waals surface area contributed by atoms with Crippen LogP contribution in [-0.2, 0) is 11.2 Å². The molecule has 0 aromatic heterocycles. The van der Waals surface area contributed by atoms with E-state index in [4.69, 9.17) is 4.74 Å². The van der Waals surface area contributed by atoms with Crippen molar-refractivity contribution in [2.75, 3.05) is 17.2 Å². The summed E-state index contributed by atoms with van der Waals surface area (Å²) < 4.78 is 5.64. The van der Waals surface area contributed by atoms with Crippen molar-refractivity contribution < 1.29 is 14.3 Å². The number of thioether (sulfide) groups is 1. The van der Waals surface area contributed by atoms with Crippen LogP contribution in [0.15, 0.2) is 77.7 Å². The molecule has 2 aliphatic heterocycles. The number of cyclic esters (lactones) is 1. The fourth-order valence-corrected chi connectivity index (χ4v) is 5.07. The van der Waals surface area contributed by atoms with Gasteiger partial charge in [-0.3, -0.25) is 4.79 Å². The first kappa shape index (κ1) is 18.9. The molecule has 3 aromatic carbocycles. The number of ether oxygens (including phenoxy) is 1. The van der Waals surface area contributed by atoms with Crippen LogP contribution in [0.5, 0.6) is 0 Å². The molecule has 0 aliphatic carbocycles. The van der Waals surface area contributed by atoms with Crippen molar-refractivity contribution in [2.45, 2.75) is 23.8 Å². The molecule has 5 rings (SSSR count). The maximum Gasteiger partial charge on any atom is 0.339 e. The van der Waals surface area contributed by atoms with Gasteiger partial charge in [0.25, 0.3) is 5.91 Å². The third-order valence-electron chi connectivity index (χ3n) is 5.58. The highest BCUT2D eigenvalue weighted by atomic mass is 32.2. The summed E-state index contributed by atoms with van der Waals surface area (Å²) in [5, 5.41) is 0. The van der Waals surface area contributed by atoms with E-state index in [0.29, 0.717) is 24.1 Å². The molecule has 0 saturated heterocycles. The Morgan fingerprint density at radius 1 is 1.00 bits per heavy atom. The zero-order valence-electron chi connectivity index (χ0n) is 16.4. The largest absolute Gasteiger partial charge is 0.454 e. The van der Waals surface area contributed by atoms with Crippen LogP contribution in [0.2, 0.25) is 0 Å². The quantitative estimate of drug-likeness (QED) is 0.534. The Labute approximate surface area is 179 Å². The second kappa shape index (κ2) is 8.00. The van der Waals surface area contributed by atoms with Crippen LogP contribution in [0.1, 0.15) is 44.4 Å². The predicted molar refractivity (Wildman–Crippen MR) is 118 cm³/mol. The number of nitrogens with zero attached hydrogens (tertiary/aromatic N) is 1. The standard InChI is InChI=1S/C25H21NO3S/c27-24(26-13-6-14-30-23-10-5-4-9-21(23)26)18-11-12-20-19(15-18)16-22(29-25(20)28)17-7-2-1-3-8-17/h1-5,7-12,15,22H,6,13-14,16H2/t22-/m0/s1. The van der Waals surface area contributed by atoms with E-state index in [2.05, 4.69) is 6.07 Å². The highest BCUT2D eigenvalue weighted by Crippen LogP contribution is 2.35. The van der Waals surface area contributed by atoms with Gasteiger partial charge in [0.1, 0.15) is 6.10 Å². The molecule has 2 aliphatic rings. The van der Waals surface area contributed by atoms with Gasteiger partial charge in [-0.25, -0.2) is 4.79 Å². The first-order valence-electron chi connectivity index (χ1n) is 10.1. The Kier molecular flexibility index (Phi) is 5.05. The second-order valence-corrected chi connectivity index (χ2v) is 8.64. The fraction of sp³-hybridized carbons (Fsp3) is 0.200. The summed E-state index contributed by atoms with van der Waals surface area (Å²) in [6.45, 7) is 0.689. The van der Waals surface area contributed by atoms with Crippen LogP contribution in [0, 0.1) is 0 Å². The van der Waals surface area contributed by atoms with E-state index in [0.717, 1.165) is 33.9 Å². The number of esters is 1. The molecule has 1 atom stereocenters. The van der Waals surface area contributed by atoms with Crippen LogP contribution in [0.25, 0.3) is 0 Å². The normalized spacial score (nSPS) is 18.1. The summed E-state index contributed by atoms with van der Waals surface area (Å²) in [6, 6.07) is 23.1. The summed E-state index contributed by atoms with van der Waals surface area (Å²) >= 11 is 1.79. The molecule has 2 heterocycles. The number of carbonyl (C=O) groups excluding carboxylic acids is 2. The molecule has 0 fully saturated rings. The van der Waals surface area contributed by atoms with Gasteiger partial charge in [0.2, 0.25) is 0 Å². The lowest BCUT2D eigenvalue weighted by molar-refractivity contribution is 0.0252. The molecular formula is C25H21NO3S. The van der Waals surface area contributed by atoms with E-state index in [1.165, 1.54) is 0 Å². The molecule has 150 valence electrons. The van der Waals surface area contributed by atoms with Gasteiger partial charge >= 0.3 is 5.97 Å². The molecule has 0 unspecified atom stereocenters. The average Bonchev–Trinajstić information content (AvgIpc) is 3.01. The van der Waals surface area contributed by atoms with Crippen LogP contribution in [-0.4, -0.2) is 24.2 Å². The van der Waals surface area contributed by atoms with Crippen molar-refractivity contribution in [1.29, 1.82) is 0 Å². The lowest BCUT2D eigenvalue weighted by atomic mass is 9.93. The van der Waals surface area contributed by atoms with Gasteiger partial charge in [0.15, 0.2) is 0 Å². The van der Waals surface area contributed by atoms with Gasteiger partial charge in [-0.15, -0.1) is 11.8 Å². The van der Waals surface area contributed by atoms with Crippen molar-refractivity contribution in [3.63, 3.8) is 0 Å². The third-order valence-corrected chi connectivity index (χ3v) is 6.73. The Balaban J connectivity index is 1.47. The number of amides is 1. The number of hydrogen-bond acceptors (Lipinski definition) is 4. The molecule has 0 radical (unpaired) electrons. The topological polar surface area (TPSA) is 46.6 Å². The first-order chi connectivity index (χ1) is 14.7. The minimum absolute atomic E-state index is 0.0250. The summed E-state index contributed by atoms with van der Waals surface area (Å²) in [5.74, 6) is 0.638. The number of hydrogen-bond donors (Lipinski definition) is 0. The first-order valence-corrected chi connectivity index (χ1v) is 11.1. The third kappa shape index (κ3) is 3.50. The van der Waals surface area contributed by atoms with E-state index in [-0.39, 0.29) is 18.0 Å². The maximum absolute atomic E-state index is 13.4. The highest BCUT2D eigenvalue weighted by Gasteiger charge is 2.29. The minimum Gasteiger partial charge on any atom is -0.454 e. The van der Waals surface area contributed by atoms with Crippen molar-refractivity contribution in [3.05, 3.63) is 95.1 Å². The summed E-state index contributed by atoms with van der Waals surface area (Å²) in [5.41, 5.74) is 3.95. The molecule has 4 nitrogen and oxygen atoms in total. The Hall–Kier alpha value is -3.05. The number of para-hydroxylation sites is 1. The van der Waals surface area contributed by atoms with Gasteiger partial charge in [0.05, 0.1) is 11.3 Å². The van der Waals surface area contributed by atoms with E-state index in [1.807, 2.05) is 59.5 Å². The van der Waals surface area contributed by atoms with E-state index >= 15 is 0 Å². The molecular weight excluding hydrogens is 394 g/mol. The zero-order chi connectivity index (χ0) is 20.5. The number of rotatable bonds is 2. The van der Waals surface area contributed by atoms with Crippen LogP contribution >= 0.6 is 11.8 Å². The Morgan fingerprint density at radius 3 is 2.67 bits per heavy atom. The van der Waals surface area contributed by atoms with Crippen molar-refractivity contribution >= 4 is 29.3 Å². The molecule has 0 N–H and O–H groups in total. The van der Waals surface area contributed by atoms with Crippen molar-refractivity contribution in [1.82, 2.24) is 0 Å². The summed E-state index contributed by atoms with van der Waals surface area (Å²) in [4.78, 5) is 29.0. The highest BCUT2D eigenvalue weighted by molar-refractivity contribution is 7.99. The molecule has 30 heavy (non-hydrogen) atoms. The van der Waals surface area contributed by atoms with Crippen molar-refractivity contribution in [2.24, 2.45) is 0 Å². The molecule has 5 heteroatoms. The minimum atomic E-state index is -0.333. The number of anilines is 1. The zero-order valence-corrected chi connectivity index (χ0v) is 17.2. The lowest BCUT2D eigenvalue weighted by Gasteiger charge is -2.26. The van der Waals surface area contributed by atoms with E-state index < -0.39 is 0 Å². The number of fused-ring (bicyclic) bond motifs is 2. The van der Waals surface area contributed by atoms with E-state index in [9.17, 15) is 9.59 Å². The van der Waals surface area contributed by atoms with Crippen molar-refractivity contribution in [3.8, 4) is 0 Å². The summed E-state index contributed by atoms with van der Waals surface area (Å²) in [6.07, 6.45) is 1.18. The second-order valence-electron chi connectivity index (χ2n) is 7.51. The predicted octanol–water partition coefficient (Wildman–Crippen LogP) is 5.28. The Morgan fingerprint density at radius 2 is 1.80 bits per heavy atom. The Bertz CT molecular complexity index is 1110.